The van der Waals surface area contributed by atoms with Gasteiger partial charge in [0, 0.05) is 11.1 Å². The summed E-state index contributed by atoms with van der Waals surface area (Å²) >= 11 is 9.64. The maximum absolute atomic E-state index is 6.13. The number of halogens is 2. The van der Waals surface area contributed by atoms with Gasteiger partial charge in [-0.2, -0.15) is 0 Å². The highest BCUT2D eigenvalue weighted by Gasteiger charge is 2.13. The van der Waals surface area contributed by atoms with Crippen molar-refractivity contribution in [2.45, 2.75) is 52.5 Å². The van der Waals surface area contributed by atoms with Crippen LogP contribution < -0.4 is 10.1 Å². The first kappa shape index (κ1) is 16.6. The lowest BCUT2D eigenvalue weighted by Gasteiger charge is -2.21. The standard InChI is InChI=1S/C15H23BrClNO/c1-4-7-8-12(5-2)18-14-10-11(17)9-13(16)15(14)19-6-3/h9-10,12,18H,4-8H2,1-3H3. The number of ether oxygens (including phenoxy) is 1. The maximum atomic E-state index is 6.13. The molecule has 1 rings (SSSR count). The molecule has 0 saturated heterocycles. The molecule has 2 nitrogen and oxygen atoms in total. The lowest BCUT2D eigenvalue weighted by molar-refractivity contribution is 0.339. The van der Waals surface area contributed by atoms with E-state index in [2.05, 4.69) is 35.1 Å². The Morgan fingerprint density at radius 1 is 1.32 bits per heavy atom. The van der Waals surface area contributed by atoms with Gasteiger partial charge in [0.1, 0.15) is 0 Å². The molecule has 1 aromatic rings. The Morgan fingerprint density at radius 2 is 2.05 bits per heavy atom. The van der Waals surface area contributed by atoms with Crippen LogP contribution in [0.15, 0.2) is 16.6 Å². The fourth-order valence-corrected chi connectivity index (χ4v) is 2.93. The zero-order valence-electron chi connectivity index (χ0n) is 11.9. The highest BCUT2D eigenvalue weighted by molar-refractivity contribution is 9.10. The van der Waals surface area contributed by atoms with Gasteiger partial charge in [0.15, 0.2) is 5.75 Å². The lowest BCUT2D eigenvalue weighted by Crippen LogP contribution is -2.19. The van der Waals surface area contributed by atoms with Crippen LogP contribution in [0.5, 0.6) is 5.75 Å². The van der Waals surface area contributed by atoms with Crippen LogP contribution in [0.2, 0.25) is 5.02 Å². The number of rotatable bonds is 8. The molecule has 0 aliphatic heterocycles. The average molecular weight is 349 g/mol. The van der Waals surface area contributed by atoms with Gasteiger partial charge in [0.25, 0.3) is 0 Å². The minimum Gasteiger partial charge on any atom is -0.491 e. The van der Waals surface area contributed by atoms with Crippen LogP contribution in [0.1, 0.15) is 46.5 Å². The van der Waals surface area contributed by atoms with Crippen molar-refractivity contribution in [3.05, 3.63) is 21.6 Å². The number of anilines is 1. The molecule has 1 N–H and O–H groups in total. The summed E-state index contributed by atoms with van der Waals surface area (Å²) in [4.78, 5) is 0. The van der Waals surface area contributed by atoms with E-state index >= 15 is 0 Å². The van der Waals surface area contributed by atoms with E-state index in [0.717, 1.165) is 22.3 Å². The third-order valence-electron chi connectivity index (χ3n) is 3.06. The third-order valence-corrected chi connectivity index (χ3v) is 3.86. The Balaban J connectivity index is 2.90. The molecule has 4 heteroatoms. The Hall–Kier alpha value is -0.410. The second kappa shape index (κ2) is 8.70. The highest BCUT2D eigenvalue weighted by atomic mass is 79.9. The quantitative estimate of drug-likeness (QED) is 0.633. The molecule has 19 heavy (non-hydrogen) atoms. The van der Waals surface area contributed by atoms with Crippen molar-refractivity contribution in [1.29, 1.82) is 0 Å². The molecule has 1 aromatic carbocycles. The van der Waals surface area contributed by atoms with Crippen molar-refractivity contribution in [2.75, 3.05) is 11.9 Å². The lowest BCUT2D eigenvalue weighted by atomic mass is 10.1. The van der Waals surface area contributed by atoms with E-state index in [9.17, 15) is 0 Å². The van der Waals surface area contributed by atoms with Crippen molar-refractivity contribution in [2.24, 2.45) is 0 Å². The minimum absolute atomic E-state index is 0.463. The summed E-state index contributed by atoms with van der Waals surface area (Å²) in [6.45, 7) is 7.04. The van der Waals surface area contributed by atoms with E-state index in [4.69, 9.17) is 16.3 Å². The molecule has 0 heterocycles. The van der Waals surface area contributed by atoms with Gasteiger partial charge >= 0.3 is 0 Å². The molecule has 108 valence electrons. The monoisotopic (exact) mass is 347 g/mol. The van der Waals surface area contributed by atoms with Gasteiger partial charge in [0.05, 0.1) is 16.8 Å². The van der Waals surface area contributed by atoms with Crippen LogP contribution in [0.3, 0.4) is 0 Å². The molecule has 0 spiro atoms. The fourth-order valence-electron chi connectivity index (χ4n) is 2.01. The van der Waals surface area contributed by atoms with Crippen molar-refractivity contribution in [3.8, 4) is 5.75 Å². The number of hydrogen-bond donors (Lipinski definition) is 1. The summed E-state index contributed by atoms with van der Waals surface area (Å²) in [6, 6.07) is 4.26. The molecule has 0 saturated carbocycles. The highest BCUT2D eigenvalue weighted by Crippen LogP contribution is 2.37. The second-order valence-corrected chi connectivity index (χ2v) is 5.88. The Bertz CT molecular complexity index is 398. The van der Waals surface area contributed by atoms with Crippen molar-refractivity contribution in [1.82, 2.24) is 0 Å². The second-order valence-electron chi connectivity index (χ2n) is 4.59. The van der Waals surface area contributed by atoms with Gasteiger partial charge in [-0.05, 0) is 47.8 Å². The summed E-state index contributed by atoms with van der Waals surface area (Å²) in [6.07, 6.45) is 4.71. The summed E-state index contributed by atoms with van der Waals surface area (Å²) in [5, 5.41) is 4.27. The Labute approximate surface area is 130 Å². The first-order chi connectivity index (χ1) is 9.12. The Morgan fingerprint density at radius 3 is 2.63 bits per heavy atom. The van der Waals surface area contributed by atoms with Crippen molar-refractivity contribution >= 4 is 33.2 Å². The van der Waals surface area contributed by atoms with Crippen LogP contribution >= 0.6 is 27.5 Å². The van der Waals surface area contributed by atoms with Gasteiger partial charge in [-0.1, -0.05) is 38.3 Å². The van der Waals surface area contributed by atoms with Gasteiger partial charge in [-0.25, -0.2) is 0 Å². The SMILES string of the molecule is CCCCC(CC)Nc1cc(Cl)cc(Br)c1OCC. The maximum Gasteiger partial charge on any atom is 0.156 e. The van der Waals surface area contributed by atoms with Crippen molar-refractivity contribution in [3.63, 3.8) is 0 Å². The molecular formula is C15H23BrClNO. The first-order valence-electron chi connectivity index (χ1n) is 7.00. The molecule has 0 fully saturated rings. The van der Waals surface area contributed by atoms with Crippen LogP contribution in [-0.2, 0) is 0 Å². The fraction of sp³-hybridized carbons (Fsp3) is 0.600. The smallest absolute Gasteiger partial charge is 0.156 e. The predicted octanol–water partition coefficient (Wildman–Crippen LogP) is 5.88. The molecular weight excluding hydrogens is 326 g/mol. The topological polar surface area (TPSA) is 21.3 Å². The van der Waals surface area contributed by atoms with E-state index in [-0.39, 0.29) is 0 Å². The summed E-state index contributed by atoms with van der Waals surface area (Å²) < 4.78 is 6.60. The number of hydrogen-bond acceptors (Lipinski definition) is 2. The molecule has 0 bridgehead atoms. The molecule has 0 radical (unpaired) electrons. The zero-order chi connectivity index (χ0) is 14.3. The van der Waals surface area contributed by atoms with Gasteiger partial charge in [-0.3, -0.25) is 0 Å². The van der Waals surface area contributed by atoms with Gasteiger partial charge < -0.3 is 10.1 Å². The number of unbranched alkanes of at least 4 members (excludes halogenated alkanes) is 1. The van der Waals surface area contributed by atoms with E-state index in [0.29, 0.717) is 17.7 Å². The largest absolute Gasteiger partial charge is 0.491 e. The molecule has 1 unspecified atom stereocenters. The van der Waals surface area contributed by atoms with E-state index in [1.807, 2.05) is 19.1 Å². The predicted molar refractivity (Wildman–Crippen MR) is 87.5 cm³/mol. The summed E-state index contributed by atoms with van der Waals surface area (Å²) in [5.41, 5.74) is 0.976. The van der Waals surface area contributed by atoms with Crippen LogP contribution in [-0.4, -0.2) is 12.6 Å². The third kappa shape index (κ3) is 5.23. The normalized spacial score (nSPS) is 12.3. The zero-order valence-corrected chi connectivity index (χ0v) is 14.3. The molecule has 0 aliphatic rings. The van der Waals surface area contributed by atoms with E-state index in [1.165, 1.54) is 19.3 Å². The summed E-state index contributed by atoms with van der Waals surface area (Å²) in [5.74, 6) is 0.849. The Kier molecular flexibility index (Phi) is 7.62. The molecule has 0 aromatic heterocycles. The van der Waals surface area contributed by atoms with Crippen LogP contribution in [0.25, 0.3) is 0 Å². The minimum atomic E-state index is 0.463. The average Bonchev–Trinajstić information content (AvgIpc) is 2.38. The van der Waals surface area contributed by atoms with Gasteiger partial charge in [-0.15, -0.1) is 0 Å². The van der Waals surface area contributed by atoms with Crippen LogP contribution in [0, 0.1) is 0 Å². The molecule has 0 amide bonds. The van der Waals surface area contributed by atoms with Crippen LogP contribution in [0.4, 0.5) is 5.69 Å². The van der Waals surface area contributed by atoms with E-state index < -0.39 is 0 Å². The molecule has 1 atom stereocenters. The first-order valence-corrected chi connectivity index (χ1v) is 8.17. The number of nitrogens with one attached hydrogen (secondary N) is 1. The van der Waals surface area contributed by atoms with E-state index in [1.54, 1.807) is 0 Å². The summed E-state index contributed by atoms with van der Waals surface area (Å²) in [7, 11) is 0. The molecule has 0 aliphatic carbocycles. The van der Waals surface area contributed by atoms with Crippen molar-refractivity contribution < 1.29 is 4.74 Å². The number of benzene rings is 1. The van der Waals surface area contributed by atoms with Gasteiger partial charge in [0.2, 0.25) is 0 Å².